The average Bonchev–Trinajstić information content (AvgIpc) is 2.33. The first kappa shape index (κ1) is 16.7. The van der Waals surface area contributed by atoms with Gasteiger partial charge in [-0.2, -0.15) is 13.2 Å². The minimum atomic E-state index is -4.84. The summed E-state index contributed by atoms with van der Waals surface area (Å²) >= 11 is 0. The van der Waals surface area contributed by atoms with Crippen LogP contribution in [-0.2, 0) is 16.2 Å². The van der Waals surface area contributed by atoms with Gasteiger partial charge >= 0.3 is 6.18 Å². The van der Waals surface area contributed by atoms with Gasteiger partial charge in [-0.1, -0.05) is 0 Å². The number of alkyl halides is 3. The van der Waals surface area contributed by atoms with E-state index in [9.17, 15) is 21.6 Å². The quantitative estimate of drug-likeness (QED) is 0.855. The molecule has 0 bridgehead atoms. The zero-order valence-electron chi connectivity index (χ0n) is 10.7. The number of aliphatic hydroxyl groups is 1. The highest BCUT2D eigenvalue weighted by atomic mass is 32.2. The van der Waals surface area contributed by atoms with Crippen LogP contribution in [0.1, 0.15) is 12.5 Å². The van der Waals surface area contributed by atoms with Gasteiger partial charge in [0.25, 0.3) is 0 Å². The molecule has 0 amide bonds. The van der Waals surface area contributed by atoms with Crippen LogP contribution in [0.4, 0.5) is 18.9 Å². The molecule has 0 radical (unpaired) electrons. The predicted octanol–water partition coefficient (Wildman–Crippen LogP) is 1.17. The molecule has 0 fully saturated rings. The van der Waals surface area contributed by atoms with Crippen LogP contribution in [0.2, 0.25) is 0 Å². The predicted molar refractivity (Wildman–Crippen MR) is 67.8 cm³/mol. The lowest BCUT2D eigenvalue weighted by molar-refractivity contribution is -0.139. The second-order valence-electron chi connectivity index (χ2n) is 4.03. The molecule has 1 aromatic carbocycles. The van der Waals surface area contributed by atoms with Crippen molar-refractivity contribution in [2.75, 3.05) is 24.6 Å². The maximum absolute atomic E-state index is 12.9. The van der Waals surface area contributed by atoms with Gasteiger partial charge in [0.2, 0.25) is 10.0 Å². The Labute approximate surface area is 114 Å². The third kappa shape index (κ3) is 3.84. The van der Waals surface area contributed by atoms with Crippen molar-refractivity contribution in [1.82, 2.24) is 0 Å². The Balaban J connectivity index is 3.43. The summed E-state index contributed by atoms with van der Waals surface area (Å²) in [5, 5.41) is 13.7. The van der Waals surface area contributed by atoms with Gasteiger partial charge in [-0.25, -0.2) is 13.6 Å². The zero-order chi connectivity index (χ0) is 15.6. The van der Waals surface area contributed by atoms with Crippen molar-refractivity contribution in [3.8, 4) is 0 Å². The van der Waals surface area contributed by atoms with Gasteiger partial charge in [0.05, 0.1) is 17.1 Å². The lowest BCUT2D eigenvalue weighted by Crippen LogP contribution is -2.27. The lowest BCUT2D eigenvalue weighted by Gasteiger charge is -2.23. The van der Waals surface area contributed by atoms with Crippen molar-refractivity contribution in [3.63, 3.8) is 0 Å². The molecule has 0 unspecified atom stereocenters. The van der Waals surface area contributed by atoms with Crippen LogP contribution in [-0.4, -0.2) is 33.2 Å². The molecule has 0 heterocycles. The first-order valence-corrected chi connectivity index (χ1v) is 7.25. The molecule has 0 spiro atoms. The summed E-state index contributed by atoms with van der Waals surface area (Å²) in [6.45, 7) is 1.98. The monoisotopic (exact) mass is 312 g/mol. The van der Waals surface area contributed by atoms with Gasteiger partial charge in [0.1, 0.15) is 0 Å². The molecular formula is C11H15F3N2O3S. The number of sulfonamides is 1. The second-order valence-corrected chi connectivity index (χ2v) is 5.56. The van der Waals surface area contributed by atoms with Crippen LogP contribution >= 0.6 is 0 Å². The minimum Gasteiger partial charge on any atom is -0.395 e. The number of hydrogen-bond acceptors (Lipinski definition) is 4. The Morgan fingerprint density at radius 3 is 2.35 bits per heavy atom. The fourth-order valence-electron chi connectivity index (χ4n) is 1.77. The Hall–Kier alpha value is -1.32. The molecule has 0 aromatic heterocycles. The highest BCUT2D eigenvalue weighted by Crippen LogP contribution is 2.36. The van der Waals surface area contributed by atoms with Gasteiger partial charge in [-0.05, 0) is 25.1 Å². The molecule has 5 nitrogen and oxygen atoms in total. The van der Waals surface area contributed by atoms with E-state index in [4.69, 9.17) is 10.2 Å². The minimum absolute atomic E-state index is 0.141. The Kier molecular flexibility index (Phi) is 5.00. The number of nitrogens with zero attached hydrogens (tertiary/aromatic N) is 1. The summed E-state index contributed by atoms with van der Waals surface area (Å²) in [5.74, 6) is 0. The number of anilines is 1. The van der Waals surface area contributed by atoms with E-state index in [1.54, 1.807) is 6.92 Å². The van der Waals surface area contributed by atoms with Gasteiger partial charge in [-0.3, -0.25) is 0 Å². The van der Waals surface area contributed by atoms with E-state index in [2.05, 4.69) is 0 Å². The lowest BCUT2D eigenvalue weighted by atomic mass is 10.1. The van der Waals surface area contributed by atoms with E-state index in [0.717, 1.165) is 12.1 Å². The average molecular weight is 312 g/mol. The molecule has 1 rings (SSSR count). The standard InChI is InChI=1S/C11H15F3N2O3S/c1-2-16(5-6-17)8-3-4-10(20(15,18)19)9(7-8)11(12,13)14/h3-4,7,17H,2,5-6H2,1H3,(H2,15,18,19). The van der Waals surface area contributed by atoms with Crippen LogP contribution in [0.25, 0.3) is 0 Å². The van der Waals surface area contributed by atoms with Crippen molar-refractivity contribution >= 4 is 15.7 Å². The summed E-state index contributed by atoms with van der Waals surface area (Å²) in [5.41, 5.74) is -1.14. The van der Waals surface area contributed by atoms with E-state index in [1.807, 2.05) is 0 Å². The number of likely N-dealkylation sites (N-methyl/N-ethyl adjacent to an activating group) is 1. The van der Waals surface area contributed by atoms with Crippen molar-refractivity contribution in [2.24, 2.45) is 5.14 Å². The topological polar surface area (TPSA) is 83.6 Å². The molecule has 0 aliphatic rings. The number of aliphatic hydroxyl groups excluding tert-OH is 1. The number of hydrogen-bond donors (Lipinski definition) is 2. The Morgan fingerprint density at radius 2 is 1.95 bits per heavy atom. The van der Waals surface area contributed by atoms with Crippen LogP contribution in [0.3, 0.4) is 0 Å². The van der Waals surface area contributed by atoms with Crippen molar-refractivity contribution in [3.05, 3.63) is 23.8 Å². The summed E-state index contributed by atoms with van der Waals surface area (Å²) in [6, 6.07) is 2.78. The highest BCUT2D eigenvalue weighted by molar-refractivity contribution is 7.89. The Morgan fingerprint density at radius 1 is 1.35 bits per heavy atom. The first-order valence-electron chi connectivity index (χ1n) is 5.71. The molecule has 9 heteroatoms. The molecule has 0 saturated heterocycles. The van der Waals surface area contributed by atoms with Gasteiger partial charge in [0.15, 0.2) is 0 Å². The van der Waals surface area contributed by atoms with E-state index in [-0.39, 0.29) is 18.8 Å². The highest BCUT2D eigenvalue weighted by Gasteiger charge is 2.36. The smallest absolute Gasteiger partial charge is 0.395 e. The number of rotatable bonds is 5. The van der Waals surface area contributed by atoms with Crippen LogP contribution < -0.4 is 10.0 Å². The molecule has 20 heavy (non-hydrogen) atoms. The molecule has 0 saturated carbocycles. The van der Waals surface area contributed by atoms with Gasteiger partial charge < -0.3 is 10.0 Å². The normalized spacial score (nSPS) is 12.5. The molecule has 114 valence electrons. The van der Waals surface area contributed by atoms with Crippen molar-refractivity contribution in [1.29, 1.82) is 0 Å². The molecule has 0 atom stereocenters. The van der Waals surface area contributed by atoms with Crippen LogP contribution in [0, 0.1) is 0 Å². The summed E-state index contributed by atoms with van der Waals surface area (Å²) in [4.78, 5) is 0.524. The van der Waals surface area contributed by atoms with Crippen molar-refractivity contribution in [2.45, 2.75) is 18.0 Å². The largest absolute Gasteiger partial charge is 0.417 e. The van der Waals surface area contributed by atoms with E-state index < -0.39 is 26.7 Å². The molecule has 3 N–H and O–H groups in total. The van der Waals surface area contributed by atoms with E-state index >= 15 is 0 Å². The SMILES string of the molecule is CCN(CCO)c1ccc(S(N)(=O)=O)c(C(F)(F)F)c1. The molecular weight excluding hydrogens is 297 g/mol. The zero-order valence-corrected chi connectivity index (χ0v) is 11.5. The Bertz CT molecular complexity index is 573. The fraction of sp³-hybridized carbons (Fsp3) is 0.455. The van der Waals surface area contributed by atoms with Gasteiger partial charge in [-0.15, -0.1) is 0 Å². The van der Waals surface area contributed by atoms with Gasteiger partial charge in [0, 0.05) is 18.8 Å². The first-order chi connectivity index (χ1) is 9.11. The third-order valence-electron chi connectivity index (χ3n) is 2.69. The number of halogens is 3. The number of benzene rings is 1. The summed E-state index contributed by atoms with van der Waals surface area (Å²) in [6.07, 6.45) is -4.84. The number of nitrogens with two attached hydrogens (primary N) is 1. The molecule has 1 aromatic rings. The second kappa shape index (κ2) is 5.98. The fourth-order valence-corrected chi connectivity index (χ4v) is 2.51. The van der Waals surface area contributed by atoms with E-state index in [1.165, 1.54) is 11.0 Å². The summed E-state index contributed by atoms with van der Waals surface area (Å²) < 4.78 is 61.2. The van der Waals surface area contributed by atoms with E-state index in [0.29, 0.717) is 6.54 Å². The van der Waals surface area contributed by atoms with Crippen LogP contribution in [0.5, 0.6) is 0 Å². The summed E-state index contributed by atoms with van der Waals surface area (Å²) in [7, 11) is -4.47. The van der Waals surface area contributed by atoms with Crippen molar-refractivity contribution < 1.29 is 26.7 Å². The van der Waals surface area contributed by atoms with Crippen LogP contribution in [0.15, 0.2) is 23.1 Å². The maximum Gasteiger partial charge on any atom is 0.417 e. The number of primary sulfonamides is 1. The third-order valence-corrected chi connectivity index (χ3v) is 3.66. The molecule has 0 aliphatic carbocycles. The maximum atomic E-state index is 12.9. The molecule has 0 aliphatic heterocycles.